The fraction of sp³-hybridized carbons (Fsp3) is 0.214. The van der Waals surface area contributed by atoms with Gasteiger partial charge >= 0.3 is 0 Å². The minimum absolute atomic E-state index is 0.193. The number of hydrogen-bond donors (Lipinski definition) is 0. The van der Waals surface area contributed by atoms with Crippen LogP contribution < -0.4 is 4.74 Å². The molecule has 86 valence electrons. The van der Waals surface area contributed by atoms with Gasteiger partial charge in [-0.25, -0.2) is 0 Å². The Morgan fingerprint density at radius 2 is 1.82 bits per heavy atom. The van der Waals surface area contributed by atoms with Gasteiger partial charge in [-0.05, 0) is 23.8 Å². The van der Waals surface area contributed by atoms with Crippen LogP contribution in [0.25, 0.3) is 11.1 Å². The van der Waals surface area contributed by atoms with Crippen LogP contribution in [0.1, 0.15) is 0 Å². The second-order valence-electron chi connectivity index (χ2n) is 4.01. The van der Waals surface area contributed by atoms with Crippen LogP contribution in [0, 0.1) is 0 Å². The molecule has 3 heteroatoms. The summed E-state index contributed by atoms with van der Waals surface area (Å²) in [5.74, 6) is 0.909. The van der Waals surface area contributed by atoms with Crippen molar-refractivity contribution in [2.45, 2.75) is 6.10 Å². The molecule has 1 aromatic heterocycles. The molecule has 0 N–H and O–H groups in total. The zero-order valence-electron chi connectivity index (χ0n) is 9.37. The van der Waals surface area contributed by atoms with E-state index in [1.54, 1.807) is 12.4 Å². The van der Waals surface area contributed by atoms with Crippen LogP contribution in [0.15, 0.2) is 48.8 Å². The molecule has 0 unspecified atom stereocenters. The first kappa shape index (κ1) is 10.3. The number of nitrogens with zero attached hydrogens (tertiary/aromatic N) is 1. The van der Waals surface area contributed by atoms with Crippen molar-refractivity contribution in [2.24, 2.45) is 0 Å². The van der Waals surface area contributed by atoms with Gasteiger partial charge in [0, 0.05) is 18.0 Å². The summed E-state index contributed by atoms with van der Waals surface area (Å²) in [5.41, 5.74) is 2.22. The van der Waals surface area contributed by atoms with Gasteiger partial charge < -0.3 is 9.47 Å². The summed E-state index contributed by atoms with van der Waals surface area (Å²) >= 11 is 0. The van der Waals surface area contributed by atoms with Gasteiger partial charge in [0.25, 0.3) is 0 Å². The minimum atomic E-state index is 0.193. The van der Waals surface area contributed by atoms with Crippen molar-refractivity contribution in [3.63, 3.8) is 0 Å². The number of ether oxygens (including phenoxy) is 2. The lowest BCUT2D eigenvalue weighted by atomic mass is 10.1. The van der Waals surface area contributed by atoms with Crippen molar-refractivity contribution < 1.29 is 9.47 Å². The van der Waals surface area contributed by atoms with Gasteiger partial charge in [-0.1, -0.05) is 18.2 Å². The van der Waals surface area contributed by atoms with Crippen LogP contribution >= 0.6 is 0 Å². The van der Waals surface area contributed by atoms with E-state index in [0.29, 0.717) is 13.2 Å². The largest absolute Gasteiger partial charge is 0.485 e. The lowest BCUT2D eigenvalue weighted by Gasteiger charge is -2.27. The Balaban J connectivity index is 1.92. The summed E-state index contributed by atoms with van der Waals surface area (Å²) in [6.45, 7) is 1.37. The molecule has 1 aliphatic heterocycles. The van der Waals surface area contributed by atoms with E-state index < -0.39 is 0 Å². The van der Waals surface area contributed by atoms with Gasteiger partial charge in [-0.15, -0.1) is 0 Å². The number of rotatable bonds is 3. The van der Waals surface area contributed by atoms with E-state index in [0.717, 1.165) is 16.9 Å². The molecule has 0 bridgehead atoms. The van der Waals surface area contributed by atoms with Crippen molar-refractivity contribution in [3.8, 4) is 16.9 Å². The SMILES string of the molecule is c1ccc(-c2ccncc2)c(OC2COC2)c1. The number of pyridine rings is 1. The molecule has 1 fully saturated rings. The van der Waals surface area contributed by atoms with Crippen molar-refractivity contribution in [1.29, 1.82) is 0 Å². The fourth-order valence-electron chi connectivity index (χ4n) is 1.80. The third kappa shape index (κ3) is 2.15. The third-order valence-electron chi connectivity index (χ3n) is 2.78. The van der Waals surface area contributed by atoms with E-state index in [4.69, 9.17) is 9.47 Å². The summed E-state index contributed by atoms with van der Waals surface area (Å²) < 4.78 is 11.0. The molecule has 1 saturated heterocycles. The molecule has 2 heterocycles. The summed E-state index contributed by atoms with van der Waals surface area (Å²) in [7, 11) is 0. The highest BCUT2D eigenvalue weighted by Gasteiger charge is 2.21. The van der Waals surface area contributed by atoms with Crippen LogP contribution in [0.5, 0.6) is 5.75 Å². The Bertz CT molecular complexity index is 495. The highest BCUT2D eigenvalue weighted by Crippen LogP contribution is 2.30. The molecule has 0 radical (unpaired) electrons. The van der Waals surface area contributed by atoms with Gasteiger partial charge in [-0.3, -0.25) is 4.98 Å². The minimum Gasteiger partial charge on any atom is -0.485 e. The fourth-order valence-corrected chi connectivity index (χ4v) is 1.80. The zero-order chi connectivity index (χ0) is 11.5. The Hall–Kier alpha value is -1.87. The molecule has 1 aliphatic rings. The number of para-hydroxylation sites is 1. The van der Waals surface area contributed by atoms with E-state index >= 15 is 0 Å². The monoisotopic (exact) mass is 227 g/mol. The quantitative estimate of drug-likeness (QED) is 0.807. The maximum Gasteiger partial charge on any atom is 0.145 e. The second-order valence-corrected chi connectivity index (χ2v) is 4.01. The maximum atomic E-state index is 5.89. The highest BCUT2D eigenvalue weighted by atomic mass is 16.6. The molecule has 0 amide bonds. The van der Waals surface area contributed by atoms with Crippen LogP contribution in [-0.4, -0.2) is 24.3 Å². The molecule has 3 rings (SSSR count). The Kier molecular flexibility index (Phi) is 2.76. The van der Waals surface area contributed by atoms with Gasteiger partial charge in [0.05, 0.1) is 13.2 Å². The molecule has 0 atom stereocenters. The Labute approximate surface area is 100 Å². The first-order chi connectivity index (χ1) is 8.43. The van der Waals surface area contributed by atoms with Gasteiger partial charge in [0.2, 0.25) is 0 Å². The summed E-state index contributed by atoms with van der Waals surface area (Å²) in [4.78, 5) is 4.03. The summed E-state index contributed by atoms with van der Waals surface area (Å²) in [5, 5.41) is 0. The molecule has 0 spiro atoms. The normalized spacial score (nSPS) is 15.3. The predicted molar refractivity (Wildman–Crippen MR) is 64.9 cm³/mol. The number of aromatic nitrogens is 1. The average molecular weight is 227 g/mol. The Morgan fingerprint density at radius 3 is 2.53 bits per heavy atom. The smallest absolute Gasteiger partial charge is 0.145 e. The van der Waals surface area contributed by atoms with Gasteiger partial charge in [-0.2, -0.15) is 0 Å². The molecule has 2 aromatic rings. The van der Waals surface area contributed by atoms with Crippen LogP contribution in [-0.2, 0) is 4.74 Å². The van der Waals surface area contributed by atoms with Crippen molar-refractivity contribution in [2.75, 3.05) is 13.2 Å². The lowest BCUT2D eigenvalue weighted by Crippen LogP contribution is -2.38. The number of hydrogen-bond acceptors (Lipinski definition) is 3. The standard InChI is InChI=1S/C14H13NO2/c1-2-4-14(17-12-9-16-10-12)13(3-1)11-5-7-15-8-6-11/h1-8,12H,9-10H2. The van der Waals surface area contributed by atoms with E-state index in [2.05, 4.69) is 11.1 Å². The summed E-state index contributed by atoms with van der Waals surface area (Å²) in [6.07, 6.45) is 3.77. The molecule has 17 heavy (non-hydrogen) atoms. The second kappa shape index (κ2) is 4.55. The molecule has 0 saturated carbocycles. The van der Waals surface area contributed by atoms with E-state index in [9.17, 15) is 0 Å². The van der Waals surface area contributed by atoms with E-state index in [-0.39, 0.29) is 6.10 Å². The first-order valence-electron chi connectivity index (χ1n) is 5.67. The van der Waals surface area contributed by atoms with Crippen LogP contribution in [0.4, 0.5) is 0 Å². The predicted octanol–water partition coefficient (Wildman–Crippen LogP) is 2.53. The average Bonchev–Trinajstić information content (AvgIpc) is 2.35. The van der Waals surface area contributed by atoms with Gasteiger partial charge in [0.1, 0.15) is 11.9 Å². The lowest BCUT2D eigenvalue weighted by molar-refractivity contribution is -0.0794. The molecule has 1 aromatic carbocycles. The van der Waals surface area contributed by atoms with Crippen LogP contribution in [0.3, 0.4) is 0 Å². The van der Waals surface area contributed by atoms with E-state index in [1.165, 1.54) is 0 Å². The van der Waals surface area contributed by atoms with Crippen LogP contribution in [0.2, 0.25) is 0 Å². The number of benzene rings is 1. The van der Waals surface area contributed by atoms with Crippen molar-refractivity contribution in [1.82, 2.24) is 4.98 Å². The molecule has 3 nitrogen and oxygen atoms in total. The topological polar surface area (TPSA) is 31.4 Å². The molecular weight excluding hydrogens is 214 g/mol. The molecule has 0 aliphatic carbocycles. The summed E-state index contributed by atoms with van der Waals surface area (Å²) in [6, 6.07) is 12.0. The maximum absolute atomic E-state index is 5.89. The highest BCUT2D eigenvalue weighted by molar-refractivity contribution is 5.69. The Morgan fingerprint density at radius 1 is 1.06 bits per heavy atom. The molecular formula is C14H13NO2. The third-order valence-corrected chi connectivity index (χ3v) is 2.78. The van der Waals surface area contributed by atoms with E-state index in [1.807, 2.05) is 30.3 Å². The first-order valence-corrected chi connectivity index (χ1v) is 5.67. The van der Waals surface area contributed by atoms with Crippen molar-refractivity contribution >= 4 is 0 Å². The van der Waals surface area contributed by atoms with Gasteiger partial charge in [0.15, 0.2) is 0 Å². The zero-order valence-corrected chi connectivity index (χ0v) is 9.37. The van der Waals surface area contributed by atoms with Crippen molar-refractivity contribution in [3.05, 3.63) is 48.8 Å².